The fraction of sp³-hybridized carbons (Fsp3) is 0.400. The molecule has 0 radical (unpaired) electrons. The van der Waals surface area contributed by atoms with E-state index < -0.39 is 0 Å². The van der Waals surface area contributed by atoms with Gasteiger partial charge in [-0.1, -0.05) is 34.1 Å². The molecule has 1 aromatic rings. The minimum atomic E-state index is 0.325. The first-order valence-corrected chi connectivity index (χ1v) is 4.97. The Kier molecular flexibility index (Phi) is 2.20. The van der Waals surface area contributed by atoms with Gasteiger partial charge in [0.1, 0.15) is 0 Å². The maximum atomic E-state index is 8.91. The van der Waals surface area contributed by atoms with Gasteiger partial charge in [-0.2, -0.15) is 0 Å². The van der Waals surface area contributed by atoms with Gasteiger partial charge in [0.05, 0.1) is 0 Å². The predicted octanol–water partition coefficient (Wildman–Crippen LogP) is 2.54. The van der Waals surface area contributed by atoms with E-state index in [-0.39, 0.29) is 0 Å². The van der Waals surface area contributed by atoms with Crippen LogP contribution in [0.25, 0.3) is 0 Å². The number of aliphatic hydroxyl groups is 1. The Morgan fingerprint density at radius 3 is 2.75 bits per heavy atom. The summed E-state index contributed by atoms with van der Waals surface area (Å²) in [5.41, 5.74) is 1.34. The van der Waals surface area contributed by atoms with Gasteiger partial charge in [-0.15, -0.1) is 0 Å². The van der Waals surface area contributed by atoms with Crippen molar-refractivity contribution in [2.75, 3.05) is 6.61 Å². The first-order valence-electron chi connectivity index (χ1n) is 4.18. The Balaban J connectivity index is 2.19. The molecular formula is C10H11BrO. The molecule has 1 fully saturated rings. The molecular weight excluding hydrogens is 216 g/mol. The molecule has 0 unspecified atom stereocenters. The molecule has 1 saturated carbocycles. The Morgan fingerprint density at radius 2 is 2.17 bits per heavy atom. The quantitative estimate of drug-likeness (QED) is 0.823. The van der Waals surface area contributed by atoms with E-state index in [1.54, 1.807) is 0 Å². The average molecular weight is 227 g/mol. The lowest BCUT2D eigenvalue weighted by Crippen LogP contribution is -1.89. The molecule has 1 aliphatic rings. The van der Waals surface area contributed by atoms with Crippen LogP contribution in [0.1, 0.15) is 17.9 Å². The third-order valence-corrected chi connectivity index (χ3v) is 3.18. The zero-order valence-electron chi connectivity index (χ0n) is 6.70. The van der Waals surface area contributed by atoms with Crippen LogP contribution in [0.4, 0.5) is 0 Å². The molecule has 0 aliphatic heterocycles. The lowest BCUT2D eigenvalue weighted by atomic mass is 10.1. The van der Waals surface area contributed by atoms with Gasteiger partial charge in [-0.05, 0) is 29.9 Å². The zero-order valence-corrected chi connectivity index (χ0v) is 8.29. The predicted molar refractivity (Wildman–Crippen MR) is 52.1 cm³/mol. The van der Waals surface area contributed by atoms with Gasteiger partial charge in [-0.25, -0.2) is 0 Å². The fourth-order valence-corrected chi connectivity index (χ4v) is 2.18. The van der Waals surface area contributed by atoms with Crippen molar-refractivity contribution >= 4 is 15.9 Å². The summed E-state index contributed by atoms with van der Waals surface area (Å²) < 4.78 is 1.17. The molecule has 0 bridgehead atoms. The summed E-state index contributed by atoms with van der Waals surface area (Å²) in [5.74, 6) is 1.09. The van der Waals surface area contributed by atoms with Crippen LogP contribution in [0.15, 0.2) is 28.7 Å². The number of rotatable bonds is 2. The van der Waals surface area contributed by atoms with Gasteiger partial charge in [0.15, 0.2) is 0 Å². The number of aliphatic hydroxyl groups excluding tert-OH is 1. The summed E-state index contributed by atoms with van der Waals surface area (Å²) in [6.07, 6.45) is 1.14. The first kappa shape index (κ1) is 8.27. The Bertz CT molecular complexity index is 285. The van der Waals surface area contributed by atoms with Crippen molar-refractivity contribution in [2.45, 2.75) is 12.3 Å². The van der Waals surface area contributed by atoms with E-state index in [2.05, 4.69) is 28.1 Å². The highest BCUT2D eigenvalue weighted by Gasteiger charge is 2.38. The Labute approximate surface area is 80.5 Å². The smallest absolute Gasteiger partial charge is 0.0465 e. The van der Waals surface area contributed by atoms with Gasteiger partial charge < -0.3 is 5.11 Å². The standard InChI is InChI=1S/C10H11BrO/c11-10-4-2-1-3-8(10)9-5-7(9)6-12/h1-4,7,9,12H,5-6H2/t7-,9-/m0/s1. The lowest BCUT2D eigenvalue weighted by Gasteiger charge is -2.01. The van der Waals surface area contributed by atoms with Crippen LogP contribution in [0.5, 0.6) is 0 Å². The highest BCUT2D eigenvalue weighted by molar-refractivity contribution is 9.10. The molecule has 2 rings (SSSR count). The SMILES string of the molecule is OC[C@@H]1C[C@@H]1c1ccccc1Br. The molecule has 12 heavy (non-hydrogen) atoms. The van der Waals surface area contributed by atoms with Crippen LogP contribution in [0, 0.1) is 5.92 Å². The summed E-state index contributed by atoms with van der Waals surface area (Å²) in [6.45, 7) is 0.325. The molecule has 0 heterocycles. The summed E-state index contributed by atoms with van der Waals surface area (Å²) in [4.78, 5) is 0. The third kappa shape index (κ3) is 1.41. The van der Waals surface area contributed by atoms with Gasteiger partial charge in [0, 0.05) is 11.1 Å². The lowest BCUT2D eigenvalue weighted by molar-refractivity contribution is 0.274. The van der Waals surface area contributed by atoms with E-state index in [1.165, 1.54) is 10.0 Å². The van der Waals surface area contributed by atoms with Gasteiger partial charge in [0.2, 0.25) is 0 Å². The van der Waals surface area contributed by atoms with Crippen molar-refractivity contribution in [3.8, 4) is 0 Å². The van der Waals surface area contributed by atoms with E-state index in [9.17, 15) is 0 Å². The highest BCUT2D eigenvalue weighted by Crippen LogP contribution is 2.48. The van der Waals surface area contributed by atoms with Crippen molar-refractivity contribution in [3.63, 3.8) is 0 Å². The number of hydrogen-bond donors (Lipinski definition) is 1. The van der Waals surface area contributed by atoms with Crippen LogP contribution >= 0.6 is 15.9 Å². The second-order valence-corrected chi connectivity index (χ2v) is 4.16. The second-order valence-electron chi connectivity index (χ2n) is 3.31. The minimum absolute atomic E-state index is 0.325. The second kappa shape index (κ2) is 3.19. The maximum Gasteiger partial charge on any atom is 0.0465 e. The Morgan fingerprint density at radius 1 is 1.42 bits per heavy atom. The molecule has 64 valence electrons. The third-order valence-electron chi connectivity index (χ3n) is 2.46. The van der Waals surface area contributed by atoms with Crippen LogP contribution in [-0.2, 0) is 0 Å². The van der Waals surface area contributed by atoms with Crippen molar-refractivity contribution in [2.24, 2.45) is 5.92 Å². The molecule has 1 N–H and O–H groups in total. The molecule has 0 saturated heterocycles. The van der Waals surface area contributed by atoms with E-state index in [4.69, 9.17) is 5.11 Å². The summed E-state index contributed by atoms with van der Waals surface area (Å²) in [7, 11) is 0. The van der Waals surface area contributed by atoms with Crippen LogP contribution in [0.3, 0.4) is 0 Å². The van der Waals surface area contributed by atoms with Crippen LogP contribution in [0.2, 0.25) is 0 Å². The molecule has 0 aromatic heterocycles. The van der Waals surface area contributed by atoms with Crippen molar-refractivity contribution < 1.29 is 5.11 Å². The van der Waals surface area contributed by atoms with E-state index >= 15 is 0 Å². The monoisotopic (exact) mass is 226 g/mol. The fourth-order valence-electron chi connectivity index (χ4n) is 1.61. The van der Waals surface area contributed by atoms with E-state index in [0.29, 0.717) is 18.4 Å². The van der Waals surface area contributed by atoms with Crippen molar-refractivity contribution in [1.29, 1.82) is 0 Å². The van der Waals surface area contributed by atoms with Crippen LogP contribution in [-0.4, -0.2) is 11.7 Å². The first-order chi connectivity index (χ1) is 5.83. The van der Waals surface area contributed by atoms with E-state index in [0.717, 1.165) is 6.42 Å². The molecule has 0 amide bonds. The summed E-state index contributed by atoms with van der Waals surface area (Å²) in [5, 5.41) is 8.91. The van der Waals surface area contributed by atoms with Gasteiger partial charge in [-0.3, -0.25) is 0 Å². The number of benzene rings is 1. The zero-order chi connectivity index (χ0) is 8.55. The summed E-state index contributed by atoms with van der Waals surface area (Å²) >= 11 is 3.51. The van der Waals surface area contributed by atoms with Crippen molar-refractivity contribution in [1.82, 2.24) is 0 Å². The number of hydrogen-bond acceptors (Lipinski definition) is 1. The van der Waals surface area contributed by atoms with Crippen molar-refractivity contribution in [3.05, 3.63) is 34.3 Å². The molecule has 0 spiro atoms. The molecule has 2 atom stereocenters. The highest BCUT2D eigenvalue weighted by atomic mass is 79.9. The topological polar surface area (TPSA) is 20.2 Å². The van der Waals surface area contributed by atoms with Crippen LogP contribution < -0.4 is 0 Å². The molecule has 1 nitrogen and oxygen atoms in total. The largest absolute Gasteiger partial charge is 0.396 e. The Hall–Kier alpha value is -0.340. The normalized spacial score (nSPS) is 27.2. The van der Waals surface area contributed by atoms with Gasteiger partial charge in [0.25, 0.3) is 0 Å². The molecule has 2 heteroatoms. The number of halogens is 1. The van der Waals surface area contributed by atoms with Gasteiger partial charge >= 0.3 is 0 Å². The average Bonchev–Trinajstić information content (AvgIpc) is 2.84. The summed E-state index contributed by atoms with van der Waals surface area (Å²) in [6, 6.07) is 8.25. The maximum absolute atomic E-state index is 8.91. The van der Waals surface area contributed by atoms with E-state index in [1.807, 2.05) is 12.1 Å². The molecule has 1 aliphatic carbocycles. The minimum Gasteiger partial charge on any atom is -0.396 e. The molecule has 1 aromatic carbocycles.